The van der Waals surface area contributed by atoms with E-state index in [1.807, 2.05) is 32.0 Å². The number of nitrogens with zero attached hydrogens (tertiary/aromatic N) is 2. The second-order valence-corrected chi connectivity index (χ2v) is 11.5. The first kappa shape index (κ1) is 25.0. The van der Waals surface area contributed by atoms with Crippen molar-refractivity contribution >= 4 is 16.8 Å². The van der Waals surface area contributed by atoms with E-state index in [2.05, 4.69) is 55.5 Å². The van der Waals surface area contributed by atoms with Gasteiger partial charge in [-0.3, -0.25) is 4.79 Å². The predicted octanol–water partition coefficient (Wildman–Crippen LogP) is 6.89. The highest BCUT2D eigenvalue weighted by atomic mass is 19.1. The van der Waals surface area contributed by atoms with Gasteiger partial charge in [0, 0.05) is 10.8 Å². The minimum absolute atomic E-state index is 0.0466. The fraction of sp³-hybridized carbons (Fsp3) is 0.355. The number of amides is 1. The summed E-state index contributed by atoms with van der Waals surface area (Å²) in [4.78, 5) is 12.8. The molecule has 5 nitrogen and oxygen atoms in total. The number of rotatable bonds is 7. The van der Waals surface area contributed by atoms with Crippen LogP contribution in [-0.2, 0) is 10.2 Å². The Kier molecular flexibility index (Phi) is 6.30. The summed E-state index contributed by atoms with van der Waals surface area (Å²) in [5.74, 6) is 0.486. The average molecular weight is 500 g/mol. The summed E-state index contributed by atoms with van der Waals surface area (Å²) in [6, 6.07) is 20.3. The lowest BCUT2D eigenvalue weighted by Crippen LogP contribution is -2.42. The van der Waals surface area contributed by atoms with Crippen molar-refractivity contribution in [1.82, 2.24) is 15.1 Å². The molecular formula is C31H34FN3O2. The van der Waals surface area contributed by atoms with Crippen LogP contribution in [0, 0.1) is 11.2 Å². The van der Waals surface area contributed by atoms with E-state index in [0.29, 0.717) is 5.75 Å². The SMILES string of the molecule is C[C@H](NC(=O)C1(C)CC1)[C@@H](Oc1ccc2c(cnn2-c2ccc(F)cc2)c1)c1ccc(C(C)(C)C)cc1. The second-order valence-electron chi connectivity index (χ2n) is 11.5. The zero-order valence-corrected chi connectivity index (χ0v) is 22.1. The minimum atomic E-state index is -0.370. The molecule has 0 aliphatic heterocycles. The van der Waals surface area contributed by atoms with Crippen LogP contribution in [0.2, 0.25) is 0 Å². The number of benzene rings is 3. The topological polar surface area (TPSA) is 56.1 Å². The van der Waals surface area contributed by atoms with Gasteiger partial charge in [-0.25, -0.2) is 9.07 Å². The highest BCUT2D eigenvalue weighted by Crippen LogP contribution is 2.45. The number of ether oxygens (including phenoxy) is 1. The van der Waals surface area contributed by atoms with Gasteiger partial charge in [0.2, 0.25) is 5.91 Å². The molecule has 0 spiro atoms. The van der Waals surface area contributed by atoms with E-state index in [4.69, 9.17) is 4.74 Å². The van der Waals surface area contributed by atoms with Gasteiger partial charge in [0.25, 0.3) is 0 Å². The Morgan fingerprint density at radius 2 is 1.73 bits per heavy atom. The van der Waals surface area contributed by atoms with Gasteiger partial charge in [-0.1, -0.05) is 52.0 Å². The molecule has 1 aromatic heterocycles. The zero-order valence-electron chi connectivity index (χ0n) is 22.1. The van der Waals surface area contributed by atoms with Gasteiger partial charge in [-0.15, -0.1) is 0 Å². The summed E-state index contributed by atoms with van der Waals surface area (Å²) in [7, 11) is 0. The highest BCUT2D eigenvalue weighted by molar-refractivity contribution is 5.85. The highest BCUT2D eigenvalue weighted by Gasteiger charge is 2.45. The molecule has 1 amide bonds. The number of carbonyl (C=O) groups is 1. The average Bonchev–Trinajstić information content (AvgIpc) is 3.49. The Bertz CT molecular complexity index is 1410. The van der Waals surface area contributed by atoms with Gasteiger partial charge in [0.15, 0.2) is 0 Å². The van der Waals surface area contributed by atoms with Gasteiger partial charge in [-0.2, -0.15) is 5.10 Å². The normalized spacial score (nSPS) is 16.3. The number of aromatic nitrogens is 2. The number of nitrogens with one attached hydrogen (secondary N) is 1. The molecule has 1 fully saturated rings. The molecule has 37 heavy (non-hydrogen) atoms. The van der Waals surface area contributed by atoms with Crippen molar-refractivity contribution in [2.75, 3.05) is 0 Å². The van der Waals surface area contributed by atoms with Crippen LogP contribution < -0.4 is 10.1 Å². The third-order valence-corrected chi connectivity index (χ3v) is 7.34. The Labute approximate surface area is 217 Å². The predicted molar refractivity (Wildman–Crippen MR) is 144 cm³/mol. The van der Waals surface area contributed by atoms with E-state index in [1.54, 1.807) is 23.0 Å². The standard InChI is InChI=1S/C31H34FN3O2/c1-20(34-29(36)31(5)16-17-31)28(21-6-8-23(9-7-21)30(2,3)4)37-26-14-15-27-22(18-26)19-33-35(27)25-12-10-24(32)11-13-25/h6-15,18-20,28H,16-17H2,1-5H3,(H,34,36)/t20-,28+/m0/s1. The molecule has 1 N–H and O–H groups in total. The van der Waals surface area contributed by atoms with Crippen LogP contribution in [0.15, 0.2) is 72.9 Å². The summed E-state index contributed by atoms with van der Waals surface area (Å²) in [5, 5.41) is 8.61. The Morgan fingerprint density at radius 3 is 2.35 bits per heavy atom. The molecule has 4 aromatic rings. The fourth-order valence-electron chi connectivity index (χ4n) is 4.52. The summed E-state index contributed by atoms with van der Waals surface area (Å²) in [5.41, 5.74) is 3.71. The maximum Gasteiger partial charge on any atom is 0.226 e. The largest absolute Gasteiger partial charge is 0.484 e. The van der Waals surface area contributed by atoms with E-state index in [9.17, 15) is 9.18 Å². The lowest BCUT2D eigenvalue weighted by atomic mass is 9.86. The van der Waals surface area contributed by atoms with E-state index in [0.717, 1.165) is 35.0 Å². The van der Waals surface area contributed by atoms with Crippen LogP contribution in [0.3, 0.4) is 0 Å². The number of fused-ring (bicyclic) bond motifs is 1. The summed E-state index contributed by atoms with van der Waals surface area (Å²) >= 11 is 0. The van der Waals surface area contributed by atoms with Crippen LogP contribution in [0.4, 0.5) is 4.39 Å². The van der Waals surface area contributed by atoms with Crippen LogP contribution in [0.5, 0.6) is 5.75 Å². The summed E-state index contributed by atoms with van der Waals surface area (Å²) in [6.07, 6.45) is 3.25. The molecule has 2 atom stereocenters. The Hall–Kier alpha value is -3.67. The van der Waals surface area contributed by atoms with E-state index < -0.39 is 0 Å². The molecule has 6 heteroatoms. The van der Waals surface area contributed by atoms with Crippen LogP contribution in [0.25, 0.3) is 16.6 Å². The van der Waals surface area contributed by atoms with Crippen molar-refractivity contribution < 1.29 is 13.9 Å². The molecule has 1 heterocycles. The molecule has 0 saturated heterocycles. The Balaban J connectivity index is 1.44. The van der Waals surface area contributed by atoms with Crippen LogP contribution in [0.1, 0.15) is 64.7 Å². The molecular weight excluding hydrogens is 465 g/mol. The van der Waals surface area contributed by atoms with Crippen molar-refractivity contribution in [1.29, 1.82) is 0 Å². The Morgan fingerprint density at radius 1 is 1.05 bits per heavy atom. The minimum Gasteiger partial charge on any atom is -0.484 e. The zero-order chi connectivity index (χ0) is 26.4. The van der Waals surface area contributed by atoms with Gasteiger partial charge in [0.1, 0.15) is 17.7 Å². The first-order valence-corrected chi connectivity index (χ1v) is 12.9. The molecule has 3 aromatic carbocycles. The summed E-state index contributed by atoms with van der Waals surface area (Å²) < 4.78 is 21.7. The van der Waals surface area contributed by atoms with Crippen molar-refractivity contribution in [3.63, 3.8) is 0 Å². The van der Waals surface area contributed by atoms with Gasteiger partial charge in [-0.05, 0) is 78.8 Å². The van der Waals surface area contributed by atoms with E-state index >= 15 is 0 Å². The quantitative estimate of drug-likeness (QED) is 0.301. The first-order chi connectivity index (χ1) is 17.5. The van der Waals surface area contributed by atoms with E-state index in [-0.39, 0.29) is 34.7 Å². The first-order valence-electron chi connectivity index (χ1n) is 12.9. The van der Waals surface area contributed by atoms with Crippen LogP contribution in [-0.4, -0.2) is 21.7 Å². The lowest BCUT2D eigenvalue weighted by Gasteiger charge is -2.28. The van der Waals surface area contributed by atoms with Gasteiger partial charge in [0.05, 0.1) is 23.4 Å². The smallest absolute Gasteiger partial charge is 0.226 e. The molecule has 1 aliphatic carbocycles. The van der Waals surface area contributed by atoms with Crippen molar-refractivity contribution in [2.24, 2.45) is 5.41 Å². The van der Waals surface area contributed by atoms with Crippen molar-refractivity contribution in [3.8, 4) is 11.4 Å². The molecule has 0 unspecified atom stereocenters. The molecule has 0 radical (unpaired) electrons. The second kappa shape index (κ2) is 9.33. The number of hydrogen-bond acceptors (Lipinski definition) is 3. The molecule has 192 valence electrons. The third kappa shape index (κ3) is 5.24. The number of carbonyl (C=O) groups excluding carboxylic acids is 1. The van der Waals surface area contributed by atoms with E-state index in [1.165, 1.54) is 17.7 Å². The molecule has 1 aliphatic rings. The monoisotopic (exact) mass is 499 g/mol. The maximum absolute atomic E-state index is 13.4. The molecule has 5 rings (SSSR count). The lowest BCUT2D eigenvalue weighted by molar-refractivity contribution is -0.127. The van der Waals surface area contributed by atoms with Gasteiger partial charge < -0.3 is 10.1 Å². The van der Waals surface area contributed by atoms with Crippen LogP contribution >= 0.6 is 0 Å². The number of halogens is 1. The molecule has 1 saturated carbocycles. The van der Waals surface area contributed by atoms with Gasteiger partial charge >= 0.3 is 0 Å². The number of hydrogen-bond donors (Lipinski definition) is 1. The van der Waals surface area contributed by atoms with Crippen molar-refractivity contribution in [2.45, 2.75) is 65.0 Å². The third-order valence-electron chi connectivity index (χ3n) is 7.34. The van der Waals surface area contributed by atoms with Crippen molar-refractivity contribution in [3.05, 3.63) is 89.9 Å². The molecule has 0 bridgehead atoms. The maximum atomic E-state index is 13.4. The fourth-order valence-corrected chi connectivity index (χ4v) is 4.52. The summed E-state index contributed by atoms with van der Waals surface area (Å²) in [6.45, 7) is 10.6.